The maximum absolute atomic E-state index is 12.1. The molecule has 3 aromatic rings. The molecule has 3 rings (SSSR count). The minimum absolute atomic E-state index is 0.0656. The Kier molecular flexibility index (Phi) is 3.57. The van der Waals surface area contributed by atoms with Gasteiger partial charge in [-0.2, -0.15) is 4.98 Å². The molecule has 0 atom stereocenters. The van der Waals surface area contributed by atoms with Crippen LogP contribution in [-0.4, -0.2) is 20.8 Å². The van der Waals surface area contributed by atoms with Crippen molar-refractivity contribution < 1.29 is 4.79 Å². The minimum atomic E-state index is -0.320. The summed E-state index contributed by atoms with van der Waals surface area (Å²) in [6, 6.07) is 9.81. The van der Waals surface area contributed by atoms with Gasteiger partial charge in [0.15, 0.2) is 0 Å². The lowest BCUT2D eigenvalue weighted by Crippen LogP contribution is -2.12. The molecule has 6 heteroatoms. The predicted molar refractivity (Wildman–Crippen MR) is 85.4 cm³/mol. The van der Waals surface area contributed by atoms with Crippen LogP contribution in [0.3, 0.4) is 0 Å². The van der Waals surface area contributed by atoms with Gasteiger partial charge in [-0.1, -0.05) is 30.3 Å². The van der Waals surface area contributed by atoms with Crippen molar-refractivity contribution >= 4 is 29.3 Å². The van der Waals surface area contributed by atoms with Crippen molar-refractivity contribution in [2.45, 2.75) is 6.54 Å². The van der Waals surface area contributed by atoms with E-state index >= 15 is 0 Å². The van der Waals surface area contributed by atoms with Crippen LogP contribution in [0.4, 0.5) is 5.95 Å². The highest BCUT2D eigenvalue weighted by atomic mass is 16.1. The molecule has 6 nitrogen and oxygen atoms in total. The van der Waals surface area contributed by atoms with Gasteiger partial charge in [0.2, 0.25) is 5.95 Å². The van der Waals surface area contributed by atoms with Gasteiger partial charge in [0.25, 0.3) is 5.56 Å². The van der Waals surface area contributed by atoms with Gasteiger partial charge in [0.1, 0.15) is 11.9 Å². The Balaban J connectivity index is 2.19. The summed E-state index contributed by atoms with van der Waals surface area (Å²) in [6.45, 7) is 0.558. The van der Waals surface area contributed by atoms with Crippen LogP contribution in [0, 0.1) is 0 Å². The zero-order chi connectivity index (χ0) is 15.5. The van der Waals surface area contributed by atoms with Crippen LogP contribution in [0.15, 0.2) is 47.4 Å². The Morgan fingerprint density at radius 1 is 1.27 bits per heavy atom. The second-order valence-electron chi connectivity index (χ2n) is 4.84. The van der Waals surface area contributed by atoms with Crippen molar-refractivity contribution in [1.82, 2.24) is 14.5 Å². The normalized spacial score (nSPS) is 11.3. The van der Waals surface area contributed by atoms with Crippen LogP contribution in [0.25, 0.3) is 17.1 Å². The number of allylic oxidation sites excluding steroid dienone is 1. The first kappa shape index (κ1) is 13.8. The molecule has 0 bridgehead atoms. The Morgan fingerprint density at radius 2 is 2.05 bits per heavy atom. The fourth-order valence-corrected chi connectivity index (χ4v) is 2.41. The van der Waals surface area contributed by atoms with Crippen LogP contribution in [0.1, 0.15) is 11.1 Å². The van der Waals surface area contributed by atoms with Crippen LogP contribution in [0.2, 0.25) is 0 Å². The molecule has 0 aliphatic carbocycles. The smallest absolute Gasteiger partial charge is 0.262 e. The molecule has 2 aromatic heterocycles. The number of rotatable bonds is 4. The quantitative estimate of drug-likeness (QED) is 0.564. The number of carbonyl (C=O) groups excluding carboxylic acids is 1. The second-order valence-corrected chi connectivity index (χ2v) is 4.84. The zero-order valence-corrected chi connectivity index (χ0v) is 11.7. The van der Waals surface area contributed by atoms with Gasteiger partial charge in [-0.05, 0) is 17.7 Å². The van der Waals surface area contributed by atoms with Gasteiger partial charge in [-0.25, -0.2) is 0 Å². The molecular weight excluding hydrogens is 280 g/mol. The maximum atomic E-state index is 12.1. The van der Waals surface area contributed by atoms with Gasteiger partial charge in [-0.15, -0.1) is 0 Å². The monoisotopic (exact) mass is 294 g/mol. The molecule has 0 saturated heterocycles. The van der Waals surface area contributed by atoms with E-state index in [4.69, 9.17) is 5.73 Å². The Morgan fingerprint density at radius 3 is 2.77 bits per heavy atom. The number of carbonyl (C=O) groups is 1. The third-order valence-electron chi connectivity index (χ3n) is 3.32. The number of benzene rings is 1. The van der Waals surface area contributed by atoms with Crippen LogP contribution in [-0.2, 0) is 11.3 Å². The Hall–Kier alpha value is -3.15. The number of nitrogens with two attached hydrogens (primary N) is 1. The van der Waals surface area contributed by atoms with Gasteiger partial charge in [-0.3, -0.25) is 14.6 Å². The van der Waals surface area contributed by atoms with E-state index in [-0.39, 0.29) is 11.5 Å². The number of aromatic nitrogens is 3. The average molecular weight is 294 g/mol. The number of aromatic amines is 1. The summed E-state index contributed by atoms with van der Waals surface area (Å²) < 4.78 is 1.85. The highest BCUT2D eigenvalue weighted by molar-refractivity contribution is 5.89. The first-order valence-electron chi connectivity index (χ1n) is 6.73. The lowest BCUT2D eigenvalue weighted by Gasteiger charge is -2.04. The molecular formula is C16H14N4O2. The van der Waals surface area contributed by atoms with E-state index in [1.807, 2.05) is 34.9 Å². The molecule has 0 aliphatic rings. The maximum Gasteiger partial charge on any atom is 0.262 e. The molecule has 3 N–H and O–H groups in total. The highest BCUT2D eigenvalue weighted by Gasteiger charge is 2.13. The van der Waals surface area contributed by atoms with Gasteiger partial charge in [0.05, 0.1) is 5.39 Å². The van der Waals surface area contributed by atoms with E-state index in [0.717, 1.165) is 5.56 Å². The number of nitrogen functional groups attached to an aromatic ring is 1. The summed E-state index contributed by atoms with van der Waals surface area (Å²) >= 11 is 0. The predicted octanol–water partition coefficient (Wildman–Crippen LogP) is 1.57. The average Bonchev–Trinajstić information content (AvgIpc) is 2.84. The molecule has 22 heavy (non-hydrogen) atoms. The standard InChI is InChI=1S/C16H14N4O2/c17-16-18-14-13(15(22)19-16)12(7-4-8-21)10-20(14)9-11-5-2-1-3-6-11/h1-8,10H,9H2,(H3,17,18,19,22). The van der Waals surface area contributed by atoms with E-state index in [1.165, 1.54) is 6.08 Å². The summed E-state index contributed by atoms with van der Waals surface area (Å²) in [7, 11) is 0. The number of H-pyrrole nitrogens is 1. The largest absolute Gasteiger partial charge is 0.369 e. The summed E-state index contributed by atoms with van der Waals surface area (Å²) in [5, 5.41) is 0.420. The topological polar surface area (TPSA) is 93.8 Å². The summed E-state index contributed by atoms with van der Waals surface area (Å²) in [5.41, 5.74) is 7.52. The van der Waals surface area contributed by atoms with Gasteiger partial charge >= 0.3 is 0 Å². The van der Waals surface area contributed by atoms with Crippen molar-refractivity contribution in [2.24, 2.45) is 0 Å². The van der Waals surface area contributed by atoms with E-state index in [1.54, 1.807) is 12.3 Å². The van der Waals surface area contributed by atoms with E-state index < -0.39 is 0 Å². The second kappa shape index (κ2) is 5.69. The molecule has 0 amide bonds. The molecule has 0 radical (unpaired) electrons. The molecule has 0 spiro atoms. The molecule has 0 saturated carbocycles. The van der Waals surface area contributed by atoms with E-state index in [0.29, 0.717) is 29.4 Å². The van der Waals surface area contributed by atoms with Gasteiger partial charge in [0, 0.05) is 18.3 Å². The molecule has 0 fully saturated rings. The van der Waals surface area contributed by atoms with Crippen molar-refractivity contribution in [3.63, 3.8) is 0 Å². The van der Waals surface area contributed by atoms with Crippen LogP contribution in [0.5, 0.6) is 0 Å². The first-order chi connectivity index (χ1) is 10.7. The third kappa shape index (κ3) is 2.54. The van der Waals surface area contributed by atoms with E-state index in [2.05, 4.69) is 9.97 Å². The Labute approximate surface area is 125 Å². The van der Waals surface area contributed by atoms with Crippen molar-refractivity contribution in [3.05, 3.63) is 64.1 Å². The van der Waals surface area contributed by atoms with Crippen molar-refractivity contribution in [3.8, 4) is 0 Å². The number of anilines is 1. The summed E-state index contributed by atoms with van der Waals surface area (Å²) in [4.78, 5) is 29.4. The fraction of sp³-hybridized carbons (Fsp3) is 0.0625. The van der Waals surface area contributed by atoms with Crippen molar-refractivity contribution in [2.75, 3.05) is 5.73 Å². The highest BCUT2D eigenvalue weighted by Crippen LogP contribution is 2.19. The zero-order valence-electron chi connectivity index (χ0n) is 11.7. The first-order valence-corrected chi connectivity index (χ1v) is 6.73. The summed E-state index contributed by atoms with van der Waals surface area (Å²) in [6.07, 6.45) is 5.39. The fourth-order valence-electron chi connectivity index (χ4n) is 2.41. The summed E-state index contributed by atoms with van der Waals surface area (Å²) in [5.74, 6) is 0.0656. The lowest BCUT2D eigenvalue weighted by molar-refractivity contribution is -0.104. The number of hydrogen-bond acceptors (Lipinski definition) is 4. The molecule has 2 heterocycles. The number of nitrogens with one attached hydrogen (secondary N) is 1. The number of aldehydes is 1. The van der Waals surface area contributed by atoms with Crippen LogP contribution >= 0.6 is 0 Å². The van der Waals surface area contributed by atoms with Gasteiger partial charge < -0.3 is 10.3 Å². The third-order valence-corrected chi connectivity index (χ3v) is 3.32. The molecule has 110 valence electrons. The number of nitrogens with zero attached hydrogens (tertiary/aromatic N) is 2. The SMILES string of the molecule is Nc1nc2c(c(C=CC=O)cn2Cc2ccccc2)c(=O)[nH]1. The lowest BCUT2D eigenvalue weighted by atomic mass is 10.2. The molecule has 1 aromatic carbocycles. The number of hydrogen-bond donors (Lipinski definition) is 2. The van der Waals surface area contributed by atoms with Crippen LogP contribution < -0.4 is 11.3 Å². The van der Waals surface area contributed by atoms with Crippen molar-refractivity contribution in [1.29, 1.82) is 0 Å². The molecule has 0 aliphatic heterocycles. The minimum Gasteiger partial charge on any atom is -0.369 e. The number of fused-ring (bicyclic) bond motifs is 1. The van der Waals surface area contributed by atoms with E-state index in [9.17, 15) is 9.59 Å². The Bertz CT molecular complexity index is 907. The molecule has 0 unspecified atom stereocenters.